The predicted molar refractivity (Wildman–Crippen MR) is 87.1 cm³/mol. The second-order valence-corrected chi connectivity index (χ2v) is 5.50. The van der Waals surface area contributed by atoms with Crippen LogP contribution in [0.3, 0.4) is 0 Å². The molecule has 0 unspecified atom stereocenters. The van der Waals surface area contributed by atoms with Gasteiger partial charge in [0, 0.05) is 5.56 Å². The maximum atomic E-state index is 11.9. The second-order valence-electron chi connectivity index (χ2n) is 4.47. The lowest BCUT2D eigenvalue weighted by atomic mass is 10.3. The van der Waals surface area contributed by atoms with E-state index in [9.17, 15) is 4.79 Å². The fourth-order valence-electron chi connectivity index (χ4n) is 1.89. The fourth-order valence-corrected chi connectivity index (χ4v) is 2.73. The van der Waals surface area contributed by atoms with Crippen LogP contribution >= 0.6 is 11.8 Å². The van der Waals surface area contributed by atoms with Gasteiger partial charge in [-0.25, -0.2) is 4.99 Å². The Labute approximate surface area is 132 Å². The summed E-state index contributed by atoms with van der Waals surface area (Å²) in [6, 6.07) is 9.20. The van der Waals surface area contributed by atoms with Gasteiger partial charge < -0.3 is 14.5 Å². The van der Waals surface area contributed by atoms with Crippen molar-refractivity contribution in [3.8, 4) is 5.75 Å². The number of furan rings is 1. The number of amides is 1. The average molecular weight is 314 g/mol. The lowest BCUT2D eigenvalue weighted by Gasteiger charge is -2.02. The van der Waals surface area contributed by atoms with Crippen LogP contribution in [-0.2, 0) is 4.79 Å². The maximum Gasteiger partial charge on any atom is 0.264 e. The number of rotatable bonds is 4. The van der Waals surface area contributed by atoms with Crippen LogP contribution in [0.1, 0.15) is 12.5 Å². The SMILES string of the molecule is CCOc1ccc(N=C2NC(=O)/C(=C\c3ccoc3)S2)cc1. The lowest BCUT2D eigenvalue weighted by Crippen LogP contribution is -2.19. The highest BCUT2D eigenvalue weighted by Crippen LogP contribution is 2.28. The van der Waals surface area contributed by atoms with Gasteiger partial charge in [0.15, 0.2) is 5.17 Å². The zero-order valence-electron chi connectivity index (χ0n) is 11.9. The standard InChI is InChI=1S/C16H14N2O3S/c1-2-21-13-5-3-12(4-6-13)17-16-18-15(19)14(22-16)9-11-7-8-20-10-11/h3-10H,2H2,1H3,(H,17,18,19)/b14-9+. The van der Waals surface area contributed by atoms with Gasteiger partial charge in [-0.05, 0) is 55.1 Å². The molecule has 0 spiro atoms. The van der Waals surface area contributed by atoms with Crippen LogP contribution in [-0.4, -0.2) is 17.7 Å². The summed E-state index contributed by atoms with van der Waals surface area (Å²) >= 11 is 1.30. The summed E-state index contributed by atoms with van der Waals surface area (Å²) in [6.07, 6.45) is 4.92. The van der Waals surface area contributed by atoms with Crippen LogP contribution in [0, 0.1) is 0 Å². The number of carbonyl (C=O) groups is 1. The van der Waals surface area contributed by atoms with Crippen molar-refractivity contribution in [2.75, 3.05) is 6.61 Å². The molecule has 1 aliphatic rings. The largest absolute Gasteiger partial charge is 0.494 e. The number of nitrogens with one attached hydrogen (secondary N) is 1. The minimum atomic E-state index is -0.157. The third-order valence-corrected chi connectivity index (χ3v) is 3.78. The number of nitrogens with zero attached hydrogens (tertiary/aromatic N) is 1. The Bertz CT molecular complexity index is 718. The molecule has 22 heavy (non-hydrogen) atoms. The normalized spacial score (nSPS) is 18.0. The van der Waals surface area contributed by atoms with Crippen LogP contribution < -0.4 is 10.1 Å². The molecule has 0 radical (unpaired) electrons. The molecular weight excluding hydrogens is 300 g/mol. The van der Waals surface area contributed by atoms with E-state index in [2.05, 4.69) is 10.3 Å². The highest BCUT2D eigenvalue weighted by molar-refractivity contribution is 8.18. The first-order chi connectivity index (χ1) is 10.7. The molecule has 0 aliphatic carbocycles. The summed E-state index contributed by atoms with van der Waals surface area (Å²) in [6.45, 7) is 2.56. The number of benzene rings is 1. The van der Waals surface area contributed by atoms with Crippen LogP contribution in [0.25, 0.3) is 6.08 Å². The zero-order chi connectivity index (χ0) is 15.4. The van der Waals surface area contributed by atoms with Gasteiger partial charge in [-0.2, -0.15) is 0 Å². The minimum absolute atomic E-state index is 0.157. The molecule has 1 aromatic carbocycles. The number of thioether (sulfide) groups is 1. The third-order valence-electron chi connectivity index (χ3n) is 2.87. The molecule has 0 bridgehead atoms. The van der Waals surface area contributed by atoms with Crippen molar-refractivity contribution in [2.24, 2.45) is 4.99 Å². The molecule has 1 fully saturated rings. The zero-order valence-corrected chi connectivity index (χ0v) is 12.7. The Morgan fingerprint density at radius 2 is 2.14 bits per heavy atom. The van der Waals surface area contributed by atoms with E-state index in [0.29, 0.717) is 16.7 Å². The van der Waals surface area contributed by atoms with E-state index in [4.69, 9.17) is 9.15 Å². The molecule has 0 saturated carbocycles. The molecule has 1 N–H and O–H groups in total. The van der Waals surface area contributed by atoms with Gasteiger partial charge in [-0.3, -0.25) is 4.79 Å². The van der Waals surface area contributed by atoms with Crippen molar-refractivity contribution in [1.82, 2.24) is 5.32 Å². The fraction of sp³-hybridized carbons (Fsp3) is 0.125. The Morgan fingerprint density at radius 3 is 2.82 bits per heavy atom. The van der Waals surface area contributed by atoms with Crippen LogP contribution in [0.15, 0.2) is 57.2 Å². The van der Waals surface area contributed by atoms with E-state index < -0.39 is 0 Å². The second kappa shape index (κ2) is 6.53. The molecule has 5 nitrogen and oxygen atoms in total. The number of hydrogen-bond acceptors (Lipinski definition) is 5. The summed E-state index contributed by atoms with van der Waals surface area (Å²) in [5, 5.41) is 3.31. The van der Waals surface area contributed by atoms with Gasteiger partial charge >= 0.3 is 0 Å². The Balaban J connectivity index is 1.74. The van der Waals surface area contributed by atoms with Crippen molar-refractivity contribution in [2.45, 2.75) is 6.92 Å². The van der Waals surface area contributed by atoms with Gasteiger partial charge in [0.1, 0.15) is 5.75 Å². The first-order valence-corrected chi connectivity index (χ1v) is 7.61. The van der Waals surface area contributed by atoms with Gasteiger partial charge in [0.05, 0.1) is 29.7 Å². The highest BCUT2D eigenvalue weighted by atomic mass is 32.2. The molecule has 2 heterocycles. The molecule has 3 rings (SSSR count). The monoisotopic (exact) mass is 314 g/mol. The van der Waals surface area contributed by atoms with Gasteiger partial charge in [0.25, 0.3) is 5.91 Å². The maximum absolute atomic E-state index is 11.9. The highest BCUT2D eigenvalue weighted by Gasteiger charge is 2.23. The first-order valence-electron chi connectivity index (χ1n) is 6.79. The van der Waals surface area contributed by atoms with Gasteiger partial charge in [-0.1, -0.05) is 0 Å². The van der Waals surface area contributed by atoms with Crippen molar-refractivity contribution >= 4 is 34.6 Å². The average Bonchev–Trinajstić information content (AvgIpc) is 3.13. The summed E-state index contributed by atoms with van der Waals surface area (Å²) in [5.74, 6) is 0.644. The molecule has 6 heteroatoms. The Kier molecular flexibility index (Phi) is 4.29. The van der Waals surface area contributed by atoms with Crippen molar-refractivity contribution in [3.05, 3.63) is 53.3 Å². The predicted octanol–water partition coefficient (Wildman–Crippen LogP) is 3.57. The molecule has 1 saturated heterocycles. The molecule has 1 aliphatic heterocycles. The topological polar surface area (TPSA) is 63.8 Å². The third kappa shape index (κ3) is 3.40. The molecule has 1 amide bonds. The van der Waals surface area contributed by atoms with E-state index in [1.807, 2.05) is 31.2 Å². The van der Waals surface area contributed by atoms with E-state index in [1.165, 1.54) is 11.8 Å². The lowest BCUT2D eigenvalue weighted by molar-refractivity contribution is -0.115. The van der Waals surface area contributed by atoms with Crippen molar-refractivity contribution < 1.29 is 13.9 Å². The van der Waals surface area contributed by atoms with Gasteiger partial charge in [-0.15, -0.1) is 0 Å². The minimum Gasteiger partial charge on any atom is -0.494 e. The molecule has 0 atom stereocenters. The first kappa shape index (κ1) is 14.5. The van der Waals surface area contributed by atoms with E-state index >= 15 is 0 Å². The van der Waals surface area contributed by atoms with E-state index in [-0.39, 0.29) is 5.91 Å². The van der Waals surface area contributed by atoms with Crippen molar-refractivity contribution in [3.63, 3.8) is 0 Å². The number of hydrogen-bond donors (Lipinski definition) is 1. The summed E-state index contributed by atoms with van der Waals surface area (Å²) in [7, 11) is 0. The summed E-state index contributed by atoms with van der Waals surface area (Å²) in [4.78, 5) is 16.9. The number of aliphatic imine (C=N–C) groups is 1. The number of amidine groups is 1. The number of ether oxygens (including phenoxy) is 1. The molecule has 2 aromatic rings. The van der Waals surface area contributed by atoms with Crippen LogP contribution in [0.2, 0.25) is 0 Å². The van der Waals surface area contributed by atoms with E-state index in [1.54, 1.807) is 24.7 Å². The van der Waals surface area contributed by atoms with E-state index in [0.717, 1.165) is 17.0 Å². The molecule has 1 aromatic heterocycles. The Hall–Kier alpha value is -2.47. The van der Waals surface area contributed by atoms with Crippen molar-refractivity contribution in [1.29, 1.82) is 0 Å². The molecule has 112 valence electrons. The molecular formula is C16H14N2O3S. The van der Waals surface area contributed by atoms with Crippen LogP contribution in [0.4, 0.5) is 5.69 Å². The smallest absolute Gasteiger partial charge is 0.264 e. The Morgan fingerprint density at radius 1 is 1.32 bits per heavy atom. The summed E-state index contributed by atoms with van der Waals surface area (Å²) in [5.41, 5.74) is 1.61. The quantitative estimate of drug-likeness (QED) is 0.876. The van der Waals surface area contributed by atoms with Crippen LogP contribution in [0.5, 0.6) is 5.75 Å². The van der Waals surface area contributed by atoms with Gasteiger partial charge in [0.2, 0.25) is 0 Å². The summed E-state index contributed by atoms with van der Waals surface area (Å²) < 4.78 is 10.4. The number of carbonyl (C=O) groups excluding carboxylic acids is 1.